The Morgan fingerprint density at radius 1 is 1.78 bits per heavy atom. The minimum Gasteiger partial charge on any atom is -0.317 e. The van der Waals surface area contributed by atoms with Crippen LogP contribution >= 0.6 is 11.3 Å². The van der Waals surface area contributed by atoms with E-state index in [9.17, 15) is 0 Å². The largest absolute Gasteiger partial charge is 0.317 e. The standard InChI is InChI=1S/C6H6N2S/c1-7-3-2-6-4-9-5-8-6/h4-5H,2-3H2. The molecule has 0 atom stereocenters. The van der Waals surface area contributed by atoms with E-state index in [-0.39, 0.29) is 0 Å². The van der Waals surface area contributed by atoms with Gasteiger partial charge in [0.1, 0.15) is 0 Å². The van der Waals surface area contributed by atoms with E-state index in [0.29, 0.717) is 6.54 Å². The topological polar surface area (TPSA) is 17.2 Å². The van der Waals surface area contributed by atoms with Gasteiger partial charge in [-0.3, -0.25) is 0 Å². The van der Waals surface area contributed by atoms with Crippen LogP contribution in [0, 0.1) is 6.57 Å². The lowest BCUT2D eigenvalue weighted by molar-refractivity contribution is 1.02. The Kier molecular flexibility index (Phi) is 2.22. The van der Waals surface area contributed by atoms with Gasteiger partial charge in [0.2, 0.25) is 6.54 Å². The van der Waals surface area contributed by atoms with Crippen LogP contribution in [0.15, 0.2) is 10.9 Å². The molecule has 0 aliphatic carbocycles. The molecule has 0 aromatic carbocycles. The highest BCUT2D eigenvalue weighted by molar-refractivity contribution is 7.07. The van der Waals surface area contributed by atoms with Gasteiger partial charge in [-0.15, -0.1) is 11.3 Å². The van der Waals surface area contributed by atoms with Gasteiger partial charge in [0, 0.05) is 5.38 Å². The van der Waals surface area contributed by atoms with Crippen molar-refractivity contribution in [1.82, 2.24) is 4.98 Å². The first-order chi connectivity index (χ1) is 4.43. The first kappa shape index (κ1) is 6.24. The molecular weight excluding hydrogens is 132 g/mol. The average molecular weight is 138 g/mol. The average Bonchev–Trinajstić information content (AvgIpc) is 2.34. The minimum atomic E-state index is 0.559. The number of aromatic nitrogens is 1. The molecule has 0 saturated heterocycles. The van der Waals surface area contributed by atoms with Crippen molar-refractivity contribution in [3.8, 4) is 0 Å². The van der Waals surface area contributed by atoms with E-state index in [1.807, 2.05) is 5.38 Å². The molecule has 0 aliphatic rings. The lowest BCUT2D eigenvalue weighted by Gasteiger charge is -1.81. The highest BCUT2D eigenvalue weighted by Crippen LogP contribution is 2.00. The van der Waals surface area contributed by atoms with Crippen LogP contribution < -0.4 is 0 Å². The predicted molar refractivity (Wildman–Crippen MR) is 37.3 cm³/mol. The highest BCUT2D eigenvalue weighted by Gasteiger charge is 1.93. The third kappa shape index (κ3) is 1.82. The van der Waals surface area contributed by atoms with Gasteiger partial charge in [-0.1, -0.05) is 0 Å². The van der Waals surface area contributed by atoms with Crippen molar-refractivity contribution < 1.29 is 0 Å². The zero-order valence-corrected chi connectivity index (χ0v) is 5.69. The third-order valence-corrected chi connectivity index (χ3v) is 1.60. The van der Waals surface area contributed by atoms with E-state index in [1.165, 1.54) is 0 Å². The maximum absolute atomic E-state index is 6.51. The molecule has 0 aliphatic heterocycles. The first-order valence-electron chi connectivity index (χ1n) is 2.64. The molecule has 0 spiro atoms. The summed E-state index contributed by atoms with van der Waals surface area (Å²) in [5, 5.41) is 1.98. The second kappa shape index (κ2) is 3.21. The van der Waals surface area contributed by atoms with E-state index >= 15 is 0 Å². The summed E-state index contributed by atoms with van der Waals surface area (Å²) in [5.41, 5.74) is 2.83. The molecule has 0 amide bonds. The van der Waals surface area contributed by atoms with Gasteiger partial charge in [-0.05, 0) is 0 Å². The minimum absolute atomic E-state index is 0.559. The van der Waals surface area contributed by atoms with Crippen LogP contribution in [0.2, 0.25) is 0 Å². The monoisotopic (exact) mass is 138 g/mol. The Labute approximate surface area is 58.0 Å². The summed E-state index contributed by atoms with van der Waals surface area (Å²) in [6, 6.07) is 0. The second-order valence-corrected chi connectivity index (χ2v) is 2.33. The van der Waals surface area contributed by atoms with Gasteiger partial charge in [-0.25, -0.2) is 11.6 Å². The molecule has 9 heavy (non-hydrogen) atoms. The summed E-state index contributed by atoms with van der Waals surface area (Å²) in [4.78, 5) is 7.25. The Balaban J connectivity index is 2.41. The van der Waals surface area contributed by atoms with Crippen molar-refractivity contribution in [3.05, 3.63) is 28.0 Å². The van der Waals surface area contributed by atoms with Gasteiger partial charge < -0.3 is 4.85 Å². The van der Waals surface area contributed by atoms with Crippen molar-refractivity contribution in [2.45, 2.75) is 6.42 Å². The van der Waals surface area contributed by atoms with Crippen LogP contribution in [-0.2, 0) is 6.42 Å². The normalized spacial score (nSPS) is 8.78. The summed E-state index contributed by atoms with van der Waals surface area (Å²) in [7, 11) is 0. The molecular formula is C6H6N2S. The van der Waals surface area contributed by atoms with Crippen LogP contribution in [0.5, 0.6) is 0 Å². The van der Waals surface area contributed by atoms with Crippen LogP contribution in [0.4, 0.5) is 0 Å². The van der Waals surface area contributed by atoms with Gasteiger partial charge in [-0.2, -0.15) is 0 Å². The summed E-state index contributed by atoms with van der Waals surface area (Å²) in [5.74, 6) is 0. The molecule has 1 rings (SSSR count). The number of thiazole rings is 1. The predicted octanol–water partition coefficient (Wildman–Crippen LogP) is 1.60. The molecule has 0 unspecified atom stereocenters. The van der Waals surface area contributed by atoms with Crippen LogP contribution in [0.25, 0.3) is 4.85 Å². The smallest absolute Gasteiger partial charge is 0.220 e. The summed E-state index contributed by atoms with van der Waals surface area (Å²) < 4.78 is 0. The first-order valence-corrected chi connectivity index (χ1v) is 3.58. The van der Waals surface area contributed by atoms with Crippen LogP contribution in [0.1, 0.15) is 5.69 Å². The van der Waals surface area contributed by atoms with E-state index in [0.717, 1.165) is 12.1 Å². The van der Waals surface area contributed by atoms with E-state index in [4.69, 9.17) is 6.57 Å². The number of hydrogen-bond acceptors (Lipinski definition) is 2. The van der Waals surface area contributed by atoms with Crippen LogP contribution in [0.3, 0.4) is 0 Å². The molecule has 2 nitrogen and oxygen atoms in total. The van der Waals surface area contributed by atoms with Gasteiger partial charge >= 0.3 is 0 Å². The molecule has 1 aromatic rings. The van der Waals surface area contributed by atoms with Crippen molar-refractivity contribution >= 4 is 11.3 Å². The molecule has 0 radical (unpaired) electrons. The van der Waals surface area contributed by atoms with E-state index in [1.54, 1.807) is 16.8 Å². The number of rotatable bonds is 2. The molecule has 3 heteroatoms. The van der Waals surface area contributed by atoms with Crippen LogP contribution in [-0.4, -0.2) is 11.5 Å². The summed E-state index contributed by atoms with van der Waals surface area (Å²) in [6.45, 7) is 7.06. The van der Waals surface area contributed by atoms with Crippen molar-refractivity contribution in [2.24, 2.45) is 0 Å². The van der Waals surface area contributed by atoms with Crippen molar-refractivity contribution in [1.29, 1.82) is 0 Å². The highest BCUT2D eigenvalue weighted by atomic mass is 32.1. The Morgan fingerprint density at radius 2 is 2.67 bits per heavy atom. The zero-order chi connectivity index (χ0) is 6.53. The molecule has 0 fully saturated rings. The molecule has 1 aromatic heterocycles. The maximum Gasteiger partial charge on any atom is 0.220 e. The van der Waals surface area contributed by atoms with Crippen molar-refractivity contribution in [2.75, 3.05) is 6.54 Å². The Bertz CT molecular complexity index is 197. The molecule has 0 saturated carbocycles. The van der Waals surface area contributed by atoms with Gasteiger partial charge in [0.05, 0.1) is 17.6 Å². The lowest BCUT2D eigenvalue weighted by Crippen LogP contribution is -1.85. The number of nitrogens with zero attached hydrogens (tertiary/aromatic N) is 2. The number of hydrogen-bond donors (Lipinski definition) is 0. The molecule has 1 heterocycles. The second-order valence-electron chi connectivity index (χ2n) is 1.61. The SMILES string of the molecule is [C-]#[N+]CCc1cscn1. The fourth-order valence-electron chi connectivity index (χ4n) is 0.531. The maximum atomic E-state index is 6.51. The summed E-state index contributed by atoms with van der Waals surface area (Å²) in [6.07, 6.45) is 0.799. The van der Waals surface area contributed by atoms with E-state index in [2.05, 4.69) is 9.83 Å². The Hall–Kier alpha value is -0.880. The molecule has 0 N–H and O–H groups in total. The fraction of sp³-hybridized carbons (Fsp3) is 0.333. The third-order valence-electron chi connectivity index (χ3n) is 0.963. The van der Waals surface area contributed by atoms with Gasteiger partial charge in [0.15, 0.2) is 0 Å². The summed E-state index contributed by atoms with van der Waals surface area (Å²) >= 11 is 1.58. The fourth-order valence-corrected chi connectivity index (χ4v) is 1.12. The quantitative estimate of drug-likeness (QED) is 0.567. The molecule has 46 valence electrons. The molecule has 0 bridgehead atoms. The Morgan fingerprint density at radius 3 is 3.22 bits per heavy atom. The zero-order valence-electron chi connectivity index (χ0n) is 4.87. The lowest BCUT2D eigenvalue weighted by atomic mass is 10.3. The van der Waals surface area contributed by atoms with E-state index < -0.39 is 0 Å². The van der Waals surface area contributed by atoms with Crippen molar-refractivity contribution in [3.63, 3.8) is 0 Å². The van der Waals surface area contributed by atoms with Gasteiger partial charge in [0.25, 0.3) is 0 Å².